The van der Waals surface area contributed by atoms with Gasteiger partial charge in [-0.25, -0.2) is 0 Å². The van der Waals surface area contributed by atoms with E-state index in [1.165, 1.54) is 0 Å². The number of ketones is 1. The van der Waals surface area contributed by atoms with Crippen LogP contribution in [-0.2, 0) is 0 Å². The number of nitrogens with zero attached hydrogens (tertiary/aromatic N) is 1. The average molecular weight is 251 g/mol. The predicted molar refractivity (Wildman–Crippen MR) is 73.4 cm³/mol. The van der Waals surface area contributed by atoms with Gasteiger partial charge in [-0.15, -0.1) is 0 Å². The molecule has 0 radical (unpaired) electrons. The van der Waals surface area contributed by atoms with Gasteiger partial charge in [0.25, 0.3) is 0 Å². The summed E-state index contributed by atoms with van der Waals surface area (Å²) < 4.78 is 5.62. The highest BCUT2D eigenvalue weighted by molar-refractivity contribution is 6.09. The highest BCUT2D eigenvalue weighted by Gasteiger charge is 2.16. The van der Waals surface area contributed by atoms with Gasteiger partial charge in [0.2, 0.25) is 5.78 Å². The first-order valence-electron chi connectivity index (χ1n) is 6.10. The maximum absolute atomic E-state index is 12.4. The van der Waals surface area contributed by atoms with Crippen LogP contribution in [0.2, 0.25) is 0 Å². The second kappa shape index (κ2) is 4.35. The summed E-state index contributed by atoms with van der Waals surface area (Å²) >= 11 is 0. The van der Waals surface area contributed by atoms with Gasteiger partial charge in [-0.3, -0.25) is 9.78 Å². The summed E-state index contributed by atoms with van der Waals surface area (Å²) in [6.07, 6.45) is 3.25. The lowest BCUT2D eigenvalue weighted by atomic mass is 10.1. The van der Waals surface area contributed by atoms with E-state index in [0.29, 0.717) is 11.3 Å². The summed E-state index contributed by atoms with van der Waals surface area (Å²) in [6, 6.07) is 9.47. The first-order chi connectivity index (χ1) is 9.15. The van der Waals surface area contributed by atoms with Gasteiger partial charge in [-0.1, -0.05) is 11.6 Å². The van der Waals surface area contributed by atoms with Crippen LogP contribution in [0.3, 0.4) is 0 Å². The zero-order valence-electron chi connectivity index (χ0n) is 10.8. The van der Waals surface area contributed by atoms with E-state index in [0.717, 1.165) is 22.1 Å². The van der Waals surface area contributed by atoms with Crippen LogP contribution in [-0.4, -0.2) is 10.8 Å². The van der Waals surface area contributed by atoms with Crippen molar-refractivity contribution < 1.29 is 9.21 Å². The smallest absolute Gasteiger partial charge is 0.230 e. The molecule has 0 spiro atoms. The van der Waals surface area contributed by atoms with E-state index >= 15 is 0 Å². The van der Waals surface area contributed by atoms with E-state index in [1.807, 2.05) is 38.1 Å². The zero-order chi connectivity index (χ0) is 13.4. The van der Waals surface area contributed by atoms with Gasteiger partial charge in [0.1, 0.15) is 5.58 Å². The first kappa shape index (κ1) is 11.7. The quantitative estimate of drug-likeness (QED) is 0.652. The van der Waals surface area contributed by atoms with E-state index in [9.17, 15) is 4.79 Å². The molecule has 2 aromatic heterocycles. The van der Waals surface area contributed by atoms with Crippen molar-refractivity contribution >= 4 is 16.8 Å². The van der Waals surface area contributed by atoms with Gasteiger partial charge < -0.3 is 4.42 Å². The van der Waals surface area contributed by atoms with Crippen molar-refractivity contribution in [1.82, 2.24) is 4.98 Å². The molecule has 0 N–H and O–H groups in total. The molecule has 0 aliphatic carbocycles. The molecule has 19 heavy (non-hydrogen) atoms. The number of aryl methyl sites for hydroxylation is 2. The van der Waals surface area contributed by atoms with Crippen molar-refractivity contribution in [2.24, 2.45) is 0 Å². The van der Waals surface area contributed by atoms with Gasteiger partial charge in [0.15, 0.2) is 5.76 Å². The summed E-state index contributed by atoms with van der Waals surface area (Å²) in [5.41, 5.74) is 3.36. The summed E-state index contributed by atoms with van der Waals surface area (Å²) in [7, 11) is 0. The van der Waals surface area contributed by atoms with Crippen LogP contribution in [0.5, 0.6) is 0 Å². The number of aromatic nitrogens is 1. The van der Waals surface area contributed by atoms with Crippen molar-refractivity contribution in [3.63, 3.8) is 0 Å². The Balaban J connectivity index is 2.09. The maximum Gasteiger partial charge on any atom is 0.230 e. The fourth-order valence-electron chi connectivity index (χ4n) is 2.11. The van der Waals surface area contributed by atoms with E-state index in [4.69, 9.17) is 4.42 Å². The number of benzene rings is 1. The van der Waals surface area contributed by atoms with Gasteiger partial charge in [0, 0.05) is 23.3 Å². The van der Waals surface area contributed by atoms with Crippen molar-refractivity contribution in [3.05, 3.63) is 65.2 Å². The molecule has 0 aliphatic heterocycles. The van der Waals surface area contributed by atoms with Crippen LogP contribution in [0.25, 0.3) is 11.0 Å². The Morgan fingerprint density at radius 3 is 2.79 bits per heavy atom. The van der Waals surface area contributed by atoms with Crippen LogP contribution in [0.15, 0.2) is 47.1 Å². The van der Waals surface area contributed by atoms with Crippen molar-refractivity contribution in [2.75, 3.05) is 0 Å². The Morgan fingerprint density at radius 1 is 1.16 bits per heavy atom. The second-order valence-corrected chi connectivity index (χ2v) is 4.67. The lowest BCUT2D eigenvalue weighted by Crippen LogP contribution is -2.02. The van der Waals surface area contributed by atoms with E-state index in [-0.39, 0.29) is 5.78 Å². The number of furan rings is 1. The number of pyridine rings is 1. The third-order valence-electron chi connectivity index (χ3n) is 3.18. The van der Waals surface area contributed by atoms with Crippen molar-refractivity contribution in [2.45, 2.75) is 13.8 Å². The minimum absolute atomic E-state index is 0.126. The Morgan fingerprint density at radius 2 is 2.00 bits per heavy atom. The molecule has 0 aliphatic rings. The summed E-state index contributed by atoms with van der Waals surface area (Å²) in [5, 5.41) is 0.949. The number of carbonyl (C=O) groups excluding carboxylic acids is 1. The average Bonchev–Trinajstić information content (AvgIpc) is 2.81. The minimum Gasteiger partial charge on any atom is -0.453 e. The molecule has 3 nitrogen and oxygen atoms in total. The number of hydrogen-bond donors (Lipinski definition) is 0. The second-order valence-electron chi connectivity index (χ2n) is 4.67. The van der Waals surface area contributed by atoms with Crippen molar-refractivity contribution in [1.29, 1.82) is 0 Å². The van der Waals surface area contributed by atoms with Crippen LogP contribution in [0, 0.1) is 13.8 Å². The van der Waals surface area contributed by atoms with E-state index in [2.05, 4.69) is 4.98 Å². The van der Waals surface area contributed by atoms with Gasteiger partial charge >= 0.3 is 0 Å². The summed E-state index contributed by atoms with van der Waals surface area (Å²) in [4.78, 5) is 16.4. The molecule has 3 rings (SSSR count). The Kier molecular flexibility index (Phi) is 2.67. The fraction of sp³-hybridized carbons (Fsp3) is 0.125. The topological polar surface area (TPSA) is 43.1 Å². The maximum atomic E-state index is 12.4. The van der Waals surface area contributed by atoms with Crippen molar-refractivity contribution in [3.8, 4) is 0 Å². The van der Waals surface area contributed by atoms with Gasteiger partial charge in [-0.05, 0) is 43.7 Å². The Labute approximate surface area is 110 Å². The SMILES string of the molecule is Cc1ccc2oc(C(=O)c3cnccc3C)cc2c1. The summed E-state index contributed by atoms with van der Waals surface area (Å²) in [6.45, 7) is 3.90. The number of carbonyl (C=O) groups is 1. The predicted octanol–water partition coefficient (Wildman–Crippen LogP) is 3.68. The molecule has 0 saturated carbocycles. The number of fused-ring (bicyclic) bond motifs is 1. The fourth-order valence-corrected chi connectivity index (χ4v) is 2.11. The Bertz CT molecular complexity index is 771. The van der Waals surface area contributed by atoms with Gasteiger partial charge in [0.05, 0.1) is 0 Å². The molecule has 0 unspecified atom stereocenters. The van der Waals surface area contributed by atoms with Crippen LogP contribution in [0.4, 0.5) is 0 Å². The number of rotatable bonds is 2. The highest BCUT2D eigenvalue weighted by atomic mass is 16.3. The normalized spacial score (nSPS) is 10.8. The standard InChI is InChI=1S/C16H13NO2/c1-10-3-4-14-12(7-10)8-15(19-14)16(18)13-9-17-6-5-11(13)2/h3-9H,1-2H3. The Hall–Kier alpha value is -2.42. The van der Waals surface area contributed by atoms with Crippen LogP contribution in [0.1, 0.15) is 27.2 Å². The van der Waals surface area contributed by atoms with Crippen LogP contribution < -0.4 is 0 Å². The molecule has 0 bridgehead atoms. The lowest BCUT2D eigenvalue weighted by molar-refractivity contribution is 0.101. The minimum atomic E-state index is -0.126. The number of hydrogen-bond acceptors (Lipinski definition) is 3. The molecule has 1 aromatic carbocycles. The summed E-state index contributed by atoms with van der Waals surface area (Å²) in [5.74, 6) is 0.233. The largest absolute Gasteiger partial charge is 0.453 e. The van der Waals surface area contributed by atoms with E-state index in [1.54, 1.807) is 18.5 Å². The molecule has 0 atom stereocenters. The van der Waals surface area contributed by atoms with Gasteiger partial charge in [-0.2, -0.15) is 0 Å². The third-order valence-corrected chi connectivity index (χ3v) is 3.18. The first-order valence-corrected chi connectivity index (χ1v) is 6.10. The molecule has 2 heterocycles. The van der Waals surface area contributed by atoms with Crippen LogP contribution >= 0.6 is 0 Å². The zero-order valence-corrected chi connectivity index (χ0v) is 10.8. The molecule has 94 valence electrons. The molecular formula is C16H13NO2. The third kappa shape index (κ3) is 2.03. The molecule has 0 amide bonds. The molecule has 3 aromatic rings. The monoisotopic (exact) mass is 251 g/mol. The molecule has 0 fully saturated rings. The molecule has 0 saturated heterocycles. The molecular weight excluding hydrogens is 238 g/mol. The highest BCUT2D eigenvalue weighted by Crippen LogP contribution is 2.23. The molecule has 3 heteroatoms. The lowest BCUT2D eigenvalue weighted by Gasteiger charge is -2.00. The van der Waals surface area contributed by atoms with E-state index < -0.39 is 0 Å².